The van der Waals surface area contributed by atoms with E-state index in [9.17, 15) is 9.59 Å². The number of nitrogens with two attached hydrogens (primary N) is 1. The molecule has 1 atom stereocenters. The summed E-state index contributed by atoms with van der Waals surface area (Å²) in [5, 5.41) is 11.8. The largest absolute Gasteiger partial charge is 0.480 e. The van der Waals surface area contributed by atoms with Crippen molar-refractivity contribution in [3.05, 3.63) is 18.1 Å². The Morgan fingerprint density at radius 1 is 1.41 bits per heavy atom. The standard InChI is InChI=1S/C10H12N4O3/c11-8(15)7-9(13-4-3-12-7)14-6(10(16)17)5-1-2-5/h3-6H,1-2H2,(H2,11,15)(H,13,14)(H,16,17). The van der Waals surface area contributed by atoms with Crippen molar-refractivity contribution in [1.29, 1.82) is 0 Å². The summed E-state index contributed by atoms with van der Waals surface area (Å²) in [6, 6.07) is -0.746. The first-order valence-electron chi connectivity index (χ1n) is 5.19. The fraction of sp³-hybridized carbons (Fsp3) is 0.400. The van der Waals surface area contributed by atoms with Gasteiger partial charge in [-0.15, -0.1) is 0 Å². The molecule has 1 aliphatic carbocycles. The molecule has 17 heavy (non-hydrogen) atoms. The Balaban J connectivity index is 2.22. The van der Waals surface area contributed by atoms with E-state index < -0.39 is 17.9 Å². The third-order valence-electron chi connectivity index (χ3n) is 2.58. The van der Waals surface area contributed by atoms with Gasteiger partial charge in [0, 0.05) is 12.4 Å². The molecule has 1 aromatic heterocycles. The Morgan fingerprint density at radius 3 is 2.59 bits per heavy atom. The molecule has 0 radical (unpaired) electrons. The van der Waals surface area contributed by atoms with Crippen LogP contribution in [0.25, 0.3) is 0 Å². The van der Waals surface area contributed by atoms with E-state index in [0.29, 0.717) is 0 Å². The zero-order valence-corrected chi connectivity index (χ0v) is 8.96. The normalized spacial score (nSPS) is 16.2. The van der Waals surface area contributed by atoms with Gasteiger partial charge in [0.05, 0.1) is 0 Å². The molecule has 1 unspecified atom stereocenters. The minimum atomic E-state index is -0.964. The highest BCUT2D eigenvalue weighted by Crippen LogP contribution is 2.34. The molecule has 7 heteroatoms. The van der Waals surface area contributed by atoms with Crippen LogP contribution in [0, 0.1) is 5.92 Å². The number of hydrogen-bond donors (Lipinski definition) is 3. The number of primary amides is 1. The number of nitrogens with zero attached hydrogens (tertiary/aromatic N) is 2. The molecule has 0 spiro atoms. The van der Waals surface area contributed by atoms with Gasteiger partial charge < -0.3 is 16.2 Å². The van der Waals surface area contributed by atoms with E-state index >= 15 is 0 Å². The average molecular weight is 236 g/mol. The Morgan fingerprint density at radius 2 is 2.06 bits per heavy atom. The molecule has 7 nitrogen and oxygen atoms in total. The molecule has 1 fully saturated rings. The maximum Gasteiger partial charge on any atom is 0.326 e. The summed E-state index contributed by atoms with van der Waals surface area (Å²) >= 11 is 0. The van der Waals surface area contributed by atoms with Crippen LogP contribution in [0.15, 0.2) is 12.4 Å². The van der Waals surface area contributed by atoms with Crippen LogP contribution in [-0.4, -0.2) is 33.0 Å². The topological polar surface area (TPSA) is 118 Å². The predicted octanol–water partition coefficient (Wildman–Crippen LogP) is -0.149. The zero-order valence-electron chi connectivity index (χ0n) is 8.96. The fourth-order valence-electron chi connectivity index (χ4n) is 1.58. The molecule has 1 saturated carbocycles. The lowest BCUT2D eigenvalue weighted by molar-refractivity contribution is -0.138. The summed E-state index contributed by atoms with van der Waals surface area (Å²) in [5.41, 5.74) is 5.09. The molecule has 4 N–H and O–H groups in total. The number of amides is 1. The van der Waals surface area contributed by atoms with Crippen LogP contribution in [0.1, 0.15) is 23.3 Å². The average Bonchev–Trinajstić information content (AvgIpc) is 3.09. The minimum Gasteiger partial charge on any atom is -0.480 e. The van der Waals surface area contributed by atoms with Crippen LogP contribution < -0.4 is 11.1 Å². The van der Waals surface area contributed by atoms with Crippen molar-refractivity contribution < 1.29 is 14.7 Å². The third kappa shape index (κ3) is 2.49. The monoisotopic (exact) mass is 236 g/mol. The molecule has 0 bridgehead atoms. The summed E-state index contributed by atoms with van der Waals surface area (Å²) in [6.45, 7) is 0. The number of rotatable bonds is 5. The van der Waals surface area contributed by atoms with E-state index in [1.807, 2.05) is 0 Å². The van der Waals surface area contributed by atoms with Crippen LogP contribution in [0.3, 0.4) is 0 Å². The van der Waals surface area contributed by atoms with Gasteiger partial charge in [-0.2, -0.15) is 0 Å². The lowest BCUT2D eigenvalue weighted by Gasteiger charge is -2.15. The third-order valence-corrected chi connectivity index (χ3v) is 2.58. The highest BCUT2D eigenvalue weighted by atomic mass is 16.4. The Bertz CT molecular complexity index is 459. The van der Waals surface area contributed by atoms with E-state index in [2.05, 4.69) is 15.3 Å². The summed E-state index contributed by atoms with van der Waals surface area (Å²) in [6.07, 6.45) is 4.42. The molecule has 1 amide bonds. The number of aromatic nitrogens is 2. The number of carboxylic acids is 1. The van der Waals surface area contributed by atoms with E-state index in [1.54, 1.807) is 0 Å². The summed E-state index contributed by atoms with van der Waals surface area (Å²) in [4.78, 5) is 29.8. The molecule has 1 aromatic rings. The molecule has 1 aliphatic rings. The fourth-order valence-corrected chi connectivity index (χ4v) is 1.58. The zero-order chi connectivity index (χ0) is 12.4. The van der Waals surface area contributed by atoms with Gasteiger partial charge >= 0.3 is 5.97 Å². The van der Waals surface area contributed by atoms with Crippen LogP contribution >= 0.6 is 0 Å². The van der Waals surface area contributed by atoms with Crippen molar-refractivity contribution >= 4 is 17.7 Å². The number of anilines is 1. The minimum absolute atomic E-state index is 0.0422. The Hall–Kier alpha value is -2.18. The molecule has 90 valence electrons. The van der Waals surface area contributed by atoms with Crippen molar-refractivity contribution in [2.75, 3.05) is 5.32 Å². The maximum absolute atomic E-state index is 11.1. The molecule has 0 aliphatic heterocycles. The van der Waals surface area contributed by atoms with Gasteiger partial charge in [0.15, 0.2) is 11.5 Å². The van der Waals surface area contributed by atoms with Crippen molar-refractivity contribution in [2.24, 2.45) is 11.7 Å². The van der Waals surface area contributed by atoms with Crippen LogP contribution in [0.5, 0.6) is 0 Å². The second kappa shape index (κ2) is 4.36. The van der Waals surface area contributed by atoms with Gasteiger partial charge in [0.2, 0.25) is 0 Å². The molecule has 1 heterocycles. The lowest BCUT2D eigenvalue weighted by atomic mass is 10.2. The summed E-state index contributed by atoms with van der Waals surface area (Å²) in [5.74, 6) is -1.50. The number of carbonyl (C=O) groups is 2. The first-order chi connectivity index (χ1) is 8.09. The van der Waals surface area contributed by atoms with Crippen molar-refractivity contribution in [3.8, 4) is 0 Å². The van der Waals surface area contributed by atoms with E-state index in [1.165, 1.54) is 12.4 Å². The van der Waals surface area contributed by atoms with Gasteiger partial charge in [0.1, 0.15) is 6.04 Å². The highest BCUT2D eigenvalue weighted by Gasteiger charge is 2.37. The second-order valence-corrected chi connectivity index (χ2v) is 3.92. The Kier molecular flexibility index (Phi) is 2.90. The molecule has 0 aromatic carbocycles. The van der Waals surface area contributed by atoms with Crippen molar-refractivity contribution in [3.63, 3.8) is 0 Å². The lowest BCUT2D eigenvalue weighted by Crippen LogP contribution is -2.33. The van der Waals surface area contributed by atoms with Crippen LogP contribution in [-0.2, 0) is 4.79 Å². The van der Waals surface area contributed by atoms with E-state index in [0.717, 1.165) is 12.8 Å². The molecular formula is C10H12N4O3. The number of aliphatic carboxylic acids is 1. The van der Waals surface area contributed by atoms with Crippen molar-refractivity contribution in [1.82, 2.24) is 9.97 Å². The number of nitrogens with one attached hydrogen (secondary N) is 1. The molecule has 0 saturated heterocycles. The van der Waals surface area contributed by atoms with Crippen molar-refractivity contribution in [2.45, 2.75) is 18.9 Å². The van der Waals surface area contributed by atoms with Gasteiger partial charge in [-0.1, -0.05) is 0 Å². The van der Waals surface area contributed by atoms with Gasteiger partial charge in [-0.05, 0) is 18.8 Å². The number of hydrogen-bond acceptors (Lipinski definition) is 5. The molecule has 2 rings (SSSR count). The maximum atomic E-state index is 11.1. The van der Waals surface area contributed by atoms with E-state index in [-0.39, 0.29) is 17.4 Å². The smallest absolute Gasteiger partial charge is 0.326 e. The van der Waals surface area contributed by atoms with Gasteiger partial charge in [-0.25, -0.2) is 14.8 Å². The van der Waals surface area contributed by atoms with Crippen LogP contribution in [0.4, 0.5) is 5.82 Å². The summed E-state index contributed by atoms with van der Waals surface area (Å²) < 4.78 is 0. The summed E-state index contributed by atoms with van der Waals surface area (Å²) in [7, 11) is 0. The quantitative estimate of drug-likeness (QED) is 0.654. The highest BCUT2D eigenvalue weighted by molar-refractivity contribution is 5.96. The predicted molar refractivity (Wildman–Crippen MR) is 58.3 cm³/mol. The molecular weight excluding hydrogens is 224 g/mol. The van der Waals surface area contributed by atoms with Crippen LogP contribution in [0.2, 0.25) is 0 Å². The first kappa shape index (κ1) is 11.3. The SMILES string of the molecule is NC(=O)c1nccnc1NC(C(=O)O)C1CC1. The second-order valence-electron chi connectivity index (χ2n) is 3.92. The van der Waals surface area contributed by atoms with E-state index in [4.69, 9.17) is 10.8 Å². The van der Waals surface area contributed by atoms with Gasteiger partial charge in [-0.3, -0.25) is 4.79 Å². The first-order valence-corrected chi connectivity index (χ1v) is 5.19. The number of carbonyl (C=O) groups excluding carboxylic acids is 1. The van der Waals surface area contributed by atoms with Gasteiger partial charge in [0.25, 0.3) is 5.91 Å². The number of carboxylic acid groups (broad SMARTS) is 1. The Labute approximate surface area is 97.1 Å².